The monoisotopic (exact) mass is 381 g/mol. The minimum atomic E-state index is -1.23. The largest absolute Gasteiger partial charge is 0.480 e. The summed E-state index contributed by atoms with van der Waals surface area (Å²) in [6.07, 6.45) is -0.186. The lowest BCUT2D eigenvalue weighted by Gasteiger charge is -2.67. The third-order valence-corrected chi connectivity index (χ3v) is 6.47. The fourth-order valence-electron chi connectivity index (χ4n) is 5.28. The highest BCUT2D eigenvalue weighted by Crippen LogP contribution is 2.71. The Hall–Kier alpha value is -2.89. The maximum absolute atomic E-state index is 13.8. The smallest absolute Gasteiger partial charge is 0.407 e. The molecule has 1 amide bonds. The van der Waals surface area contributed by atoms with Gasteiger partial charge in [-0.15, -0.1) is 0 Å². The second kappa shape index (κ2) is 5.80. The highest BCUT2D eigenvalue weighted by Gasteiger charge is 2.73. The molecule has 0 radical (unpaired) electrons. The first-order valence-corrected chi connectivity index (χ1v) is 9.44. The van der Waals surface area contributed by atoms with E-state index >= 15 is 0 Å². The van der Waals surface area contributed by atoms with Gasteiger partial charge in [0.1, 0.15) is 18.3 Å². The molecule has 6 heteroatoms. The number of carboxylic acid groups (broad SMARTS) is 1. The zero-order chi connectivity index (χ0) is 19.5. The summed E-state index contributed by atoms with van der Waals surface area (Å²) in [5, 5.41) is 11.9. The van der Waals surface area contributed by atoms with E-state index in [9.17, 15) is 19.1 Å². The number of carbonyl (C=O) groups excluding carboxylic acids is 1. The Labute approximate surface area is 161 Å². The van der Waals surface area contributed by atoms with Gasteiger partial charge in [0.15, 0.2) is 0 Å². The molecule has 28 heavy (non-hydrogen) atoms. The molecule has 0 saturated heterocycles. The van der Waals surface area contributed by atoms with Gasteiger partial charge in [0.05, 0.1) is 0 Å². The van der Waals surface area contributed by atoms with Gasteiger partial charge in [-0.25, -0.2) is 14.0 Å². The fourth-order valence-corrected chi connectivity index (χ4v) is 5.28. The Morgan fingerprint density at radius 1 is 1.07 bits per heavy atom. The van der Waals surface area contributed by atoms with Gasteiger partial charge in [-0.3, -0.25) is 0 Å². The molecule has 3 fully saturated rings. The van der Waals surface area contributed by atoms with Gasteiger partial charge in [0.25, 0.3) is 0 Å². The molecule has 0 aliphatic heterocycles. The average Bonchev–Trinajstić information content (AvgIpc) is 2.95. The number of ether oxygens (including phenoxy) is 1. The van der Waals surface area contributed by atoms with Crippen molar-refractivity contribution in [2.45, 2.75) is 36.9 Å². The molecule has 144 valence electrons. The van der Waals surface area contributed by atoms with Gasteiger partial charge < -0.3 is 15.2 Å². The van der Waals surface area contributed by atoms with Crippen molar-refractivity contribution < 1.29 is 23.8 Å². The summed E-state index contributed by atoms with van der Waals surface area (Å²) in [4.78, 5) is 23.9. The second-order valence-corrected chi connectivity index (χ2v) is 8.28. The van der Waals surface area contributed by atoms with E-state index in [0.29, 0.717) is 0 Å². The normalized spacial score (nSPS) is 27.6. The van der Waals surface area contributed by atoms with Gasteiger partial charge in [-0.2, -0.15) is 0 Å². The van der Waals surface area contributed by atoms with Crippen molar-refractivity contribution in [3.63, 3.8) is 0 Å². The number of amides is 1. The van der Waals surface area contributed by atoms with Crippen LogP contribution in [0.1, 0.15) is 36.3 Å². The molecule has 2 bridgehead atoms. The van der Waals surface area contributed by atoms with Crippen molar-refractivity contribution in [1.29, 1.82) is 0 Å². The van der Waals surface area contributed by atoms with Crippen molar-refractivity contribution >= 4 is 12.1 Å². The van der Waals surface area contributed by atoms with E-state index < -0.39 is 29.2 Å². The molecule has 1 atom stereocenters. The Morgan fingerprint density at radius 2 is 1.61 bits per heavy atom. The van der Waals surface area contributed by atoms with Gasteiger partial charge in [0, 0.05) is 11.3 Å². The van der Waals surface area contributed by atoms with Crippen LogP contribution >= 0.6 is 0 Å². The summed E-state index contributed by atoms with van der Waals surface area (Å²) in [5.74, 6) is -1.24. The second-order valence-electron chi connectivity index (χ2n) is 8.28. The molecule has 6 rings (SSSR count). The number of halogens is 1. The van der Waals surface area contributed by atoms with E-state index in [4.69, 9.17) is 4.74 Å². The zero-order valence-electron chi connectivity index (χ0n) is 15.2. The average molecular weight is 381 g/mol. The van der Waals surface area contributed by atoms with E-state index in [0.717, 1.165) is 22.3 Å². The number of carboxylic acids is 1. The van der Waals surface area contributed by atoms with Crippen molar-refractivity contribution in [1.82, 2.24) is 5.32 Å². The van der Waals surface area contributed by atoms with E-state index in [1.165, 1.54) is 0 Å². The number of carbonyl (C=O) groups is 2. The summed E-state index contributed by atoms with van der Waals surface area (Å²) >= 11 is 0. The van der Waals surface area contributed by atoms with Gasteiger partial charge in [0.2, 0.25) is 0 Å². The SMILES string of the molecule is O=C(NC(C(=O)O)C12CC(F)(C1)C2)OCC1c2ccccc2-c2ccccc21. The first kappa shape index (κ1) is 17.2. The first-order chi connectivity index (χ1) is 13.4. The molecule has 2 aromatic rings. The van der Waals surface area contributed by atoms with E-state index in [2.05, 4.69) is 5.32 Å². The molecule has 2 aromatic carbocycles. The van der Waals surface area contributed by atoms with Crippen LogP contribution in [0.2, 0.25) is 0 Å². The number of fused-ring (bicyclic) bond motifs is 3. The van der Waals surface area contributed by atoms with E-state index in [1.807, 2.05) is 48.5 Å². The van der Waals surface area contributed by atoms with Crippen molar-refractivity contribution in [2.75, 3.05) is 6.61 Å². The van der Waals surface area contributed by atoms with Gasteiger partial charge in [-0.1, -0.05) is 48.5 Å². The van der Waals surface area contributed by atoms with Crippen LogP contribution in [0.15, 0.2) is 48.5 Å². The topological polar surface area (TPSA) is 75.6 Å². The summed E-state index contributed by atoms with van der Waals surface area (Å²) in [7, 11) is 0. The summed E-state index contributed by atoms with van der Waals surface area (Å²) in [6.45, 7) is 0.117. The summed E-state index contributed by atoms with van der Waals surface area (Å²) in [6, 6.07) is 14.9. The molecule has 4 aliphatic carbocycles. The van der Waals surface area contributed by atoms with Crippen molar-refractivity contribution in [3.8, 4) is 11.1 Å². The maximum atomic E-state index is 13.8. The van der Waals surface area contributed by atoms with Crippen molar-refractivity contribution in [2.24, 2.45) is 5.41 Å². The van der Waals surface area contributed by atoms with E-state index in [1.54, 1.807) is 0 Å². The Bertz CT molecular complexity index is 923. The standard InChI is InChI=1S/C22H20FNO4/c23-22-10-21(11-22,12-22)18(19(25)26)24-20(27)28-9-17-15-7-3-1-5-13(15)14-6-2-4-8-16(14)17/h1-8,17-18H,9-12H2,(H,24,27)(H,25,26). The Balaban J connectivity index is 1.29. The van der Waals surface area contributed by atoms with Crippen LogP contribution in [0.5, 0.6) is 0 Å². The predicted octanol–water partition coefficient (Wildman–Crippen LogP) is 3.87. The number of hydrogen-bond donors (Lipinski definition) is 2. The lowest BCUT2D eigenvalue weighted by molar-refractivity contribution is -0.230. The van der Waals surface area contributed by atoms with E-state index in [-0.39, 0.29) is 31.8 Å². The summed E-state index contributed by atoms with van der Waals surface area (Å²) < 4.78 is 19.2. The lowest BCUT2D eigenvalue weighted by Crippen LogP contribution is -2.73. The minimum Gasteiger partial charge on any atom is -0.480 e. The predicted molar refractivity (Wildman–Crippen MR) is 99.8 cm³/mol. The third kappa shape index (κ3) is 2.44. The summed E-state index contributed by atoms with van der Waals surface area (Å²) in [5.41, 5.74) is 2.54. The van der Waals surface area contributed by atoms with Crippen molar-refractivity contribution in [3.05, 3.63) is 59.7 Å². The quantitative estimate of drug-likeness (QED) is 0.824. The van der Waals surface area contributed by atoms with Crippen LogP contribution in [0, 0.1) is 5.41 Å². The highest BCUT2D eigenvalue weighted by atomic mass is 19.1. The number of nitrogens with one attached hydrogen (secondary N) is 1. The molecule has 5 nitrogen and oxygen atoms in total. The van der Waals surface area contributed by atoms with Crippen LogP contribution in [0.4, 0.5) is 9.18 Å². The molecular formula is C22H20FNO4. The van der Waals surface area contributed by atoms with Gasteiger partial charge >= 0.3 is 12.1 Å². The third-order valence-electron chi connectivity index (χ3n) is 6.47. The number of hydrogen-bond acceptors (Lipinski definition) is 3. The number of benzene rings is 2. The number of rotatable bonds is 5. The molecule has 0 aromatic heterocycles. The Morgan fingerprint density at radius 3 is 2.11 bits per heavy atom. The first-order valence-electron chi connectivity index (χ1n) is 9.44. The van der Waals surface area contributed by atoms with Crippen LogP contribution in [0.3, 0.4) is 0 Å². The number of aliphatic carboxylic acids is 1. The highest BCUT2D eigenvalue weighted by molar-refractivity contribution is 5.82. The van der Waals surface area contributed by atoms with Crippen LogP contribution < -0.4 is 5.32 Å². The van der Waals surface area contributed by atoms with Crippen LogP contribution in [-0.4, -0.2) is 35.5 Å². The number of alkyl halides is 1. The molecule has 3 saturated carbocycles. The molecular weight excluding hydrogens is 361 g/mol. The van der Waals surface area contributed by atoms with Gasteiger partial charge in [-0.05, 0) is 41.5 Å². The fraction of sp³-hybridized carbons (Fsp3) is 0.364. The minimum absolute atomic E-state index is 0.0921. The molecule has 0 spiro atoms. The Kier molecular flexibility index (Phi) is 3.57. The molecule has 4 aliphatic rings. The lowest BCUT2D eigenvalue weighted by atomic mass is 9.40. The molecule has 2 N–H and O–H groups in total. The van der Waals surface area contributed by atoms with Crippen LogP contribution in [-0.2, 0) is 9.53 Å². The maximum Gasteiger partial charge on any atom is 0.407 e. The number of alkyl carbamates (subject to hydrolysis) is 1. The van der Waals surface area contributed by atoms with Crippen LogP contribution in [0.25, 0.3) is 11.1 Å². The zero-order valence-corrected chi connectivity index (χ0v) is 15.2. The molecule has 0 heterocycles. The molecule has 1 unspecified atom stereocenters.